The van der Waals surface area contributed by atoms with Crippen molar-refractivity contribution in [2.75, 3.05) is 25.0 Å². The molecule has 0 bridgehead atoms. The average Bonchev–Trinajstić information content (AvgIpc) is 2.67. The number of rotatable bonds is 4. The minimum Gasteiger partial charge on any atom is -0.465 e. The fraction of sp³-hybridized carbons (Fsp3) is 0.316. The molecule has 0 atom stereocenters. The number of hydrogen-bond donors (Lipinski definition) is 2. The van der Waals surface area contributed by atoms with Gasteiger partial charge in [-0.05, 0) is 37.1 Å². The number of nitrogens with two attached hydrogens (primary N) is 1. The van der Waals surface area contributed by atoms with Crippen molar-refractivity contribution < 1.29 is 14.7 Å². The quantitative estimate of drug-likeness (QED) is 0.878. The molecule has 136 valence electrons. The van der Waals surface area contributed by atoms with Crippen molar-refractivity contribution in [2.45, 2.75) is 18.9 Å². The summed E-state index contributed by atoms with van der Waals surface area (Å²) >= 11 is 0. The molecule has 2 aromatic rings. The Balaban J connectivity index is 1.75. The molecule has 0 aliphatic carbocycles. The van der Waals surface area contributed by atoms with E-state index in [1.165, 1.54) is 4.90 Å². The van der Waals surface area contributed by atoms with Gasteiger partial charge < -0.3 is 20.6 Å². The number of nitrogens with zero attached hydrogens (tertiary/aromatic N) is 3. The number of benzene rings is 1. The van der Waals surface area contributed by atoms with Crippen LogP contribution in [0.3, 0.4) is 0 Å². The average molecular weight is 354 g/mol. The van der Waals surface area contributed by atoms with Crippen LogP contribution in [-0.2, 0) is 0 Å². The van der Waals surface area contributed by atoms with E-state index in [1.807, 2.05) is 24.3 Å². The second-order valence-electron chi connectivity index (χ2n) is 6.44. The molecule has 0 saturated carbocycles. The number of carboxylic acid groups (broad SMARTS) is 1. The van der Waals surface area contributed by atoms with Crippen LogP contribution in [0, 0.1) is 0 Å². The number of carbonyl (C=O) groups excluding carboxylic acids is 1. The highest BCUT2D eigenvalue weighted by Crippen LogP contribution is 2.24. The summed E-state index contributed by atoms with van der Waals surface area (Å²) in [6.45, 7) is 1.50. The lowest BCUT2D eigenvalue weighted by molar-refractivity contribution is 0.1000. The molecule has 7 nitrogen and oxygen atoms in total. The lowest BCUT2D eigenvalue weighted by atomic mass is 10.0. The first-order chi connectivity index (χ1) is 12.5. The maximum absolute atomic E-state index is 11.4. The van der Waals surface area contributed by atoms with E-state index >= 15 is 0 Å². The Labute approximate surface area is 152 Å². The molecule has 0 unspecified atom stereocenters. The van der Waals surface area contributed by atoms with Crippen LogP contribution in [0.25, 0.3) is 11.3 Å². The molecule has 0 spiro atoms. The van der Waals surface area contributed by atoms with E-state index in [1.54, 1.807) is 25.2 Å². The summed E-state index contributed by atoms with van der Waals surface area (Å²) < 4.78 is 0. The SMILES string of the molecule is CN(C(=O)O)C1CCN(c2cccc(-c3cccc(C(N)=O)c3)n2)CC1. The molecule has 26 heavy (non-hydrogen) atoms. The van der Waals surface area contributed by atoms with Gasteiger partial charge in [-0.25, -0.2) is 9.78 Å². The summed E-state index contributed by atoms with van der Waals surface area (Å²) in [5.74, 6) is 0.385. The fourth-order valence-corrected chi connectivity index (χ4v) is 3.23. The number of anilines is 1. The zero-order chi connectivity index (χ0) is 18.7. The van der Waals surface area contributed by atoms with Crippen LogP contribution in [-0.4, -0.2) is 53.2 Å². The Morgan fingerprint density at radius 2 is 1.88 bits per heavy atom. The highest BCUT2D eigenvalue weighted by atomic mass is 16.4. The maximum atomic E-state index is 11.4. The molecular formula is C19H22N4O3. The first-order valence-electron chi connectivity index (χ1n) is 8.53. The van der Waals surface area contributed by atoms with E-state index in [-0.39, 0.29) is 6.04 Å². The van der Waals surface area contributed by atoms with E-state index < -0.39 is 12.0 Å². The molecule has 3 rings (SSSR count). The van der Waals surface area contributed by atoms with E-state index in [4.69, 9.17) is 15.8 Å². The minimum absolute atomic E-state index is 0.0409. The number of aromatic nitrogens is 1. The summed E-state index contributed by atoms with van der Waals surface area (Å²) in [4.78, 5) is 30.7. The Morgan fingerprint density at radius 3 is 2.54 bits per heavy atom. The lowest BCUT2D eigenvalue weighted by Gasteiger charge is -2.36. The molecule has 3 N–H and O–H groups in total. The highest BCUT2D eigenvalue weighted by Gasteiger charge is 2.25. The van der Waals surface area contributed by atoms with Gasteiger partial charge in [0.1, 0.15) is 5.82 Å². The third kappa shape index (κ3) is 3.77. The molecule has 1 aliphatic rings. The third-order valence-electron chi connectivity index (χ3n) is 4.82. The first-order valence-corrected chi connectivity index (χ1v) is 8.53. The predicted molar refractivity (Wildman–Crippen MR) is 99.2 cm³/mol. The molecule has 2 heterocycles. The van der Waals surface area contributed by atoms with Crippen LogP contribution in [0.4, 0.5) is 10.6 Å². The van der Waals surface area contributed by atoms with E-state index in [0.717, 1.165) is 43.0 Å². The summed E-state index contributed by atoms with van der Waals surface area (Å²) in [7, 11) is 1.62. The summed E-state index contributed by atoms with van der Waals surface area (Å²) in [5.41, 5.74) is 7.41. The van der Waals surface area contributed by atoms with Gasteiger partial charge in [-0.15, -0.1) is 0 Å². The van der Waals surface area contributed by atoms with Gasteiger partial charge in [0, 0.05) is 37.3 Å². The monoisotopic (exact) mass is 354 g/mol. The summed E-state index contributed by atoms with van der Waals surface area (Å²) in [6.07, 6.45) is 0.649. The fourth-order valence-electron chi connectivity index (χ4n) is 3.23. The number of primary amides is 1. The van der Waals surface area contributed by atoms with Gasteiger partial charge in [-0.2, -0.15) is 0 Å². The Morgan fingerprint density at radius 1 is 1.19 bits per heavy atom. The minimum atomic E-state index is -0.891. The van der Waals surface area contributed by atoms with Crippen LogP contribution in [0.5, 0.6) is 0 Å². The van der Waals surface area contributed by atoms with Gasteiger partial charge in [0.15, 0.2) is 0 Å². The van der Waals surface area contributed by atoms with Crippen molar-refractivity contribution in [3.63, 3.8) is 0 Å². The second-order valence-corrected chi connectivity index (χ2v) is 6.44. The Kier molecular flexibility index (Phi) is 5.06. The molecular weight excluding hydrogens is 332 g/mol. The van der Waals surface area contributed by atoms with Crippen molar-refractivity contribution in [1.29, 1.82) is 0 Å². The van der Waals surface area contributed by atoms with Gasteiger partial charge in [-0.3, -0.25) is 4.79 Å². The van der Waals surface area contributed by atoms with Crippen LogP contribution in [0.2, 0.25) is 0 Å². The molecule has 1 saturated heterocycles. The van der Waals surface area contributed by atoms with Crippen LogP contribution < -0.4 is 10.6 Å². The second kappa shape index (κ2) is 7.43. The van der Waals surface area contributed by atoms with Crippen LogP contribution in [0.15, 0.2) is 42.5 Å². The van der Waals surface area contributed by atoms with Gasteiger partial charge in [0.2, 0.25) is 5.91 Å². The topological polar surface area (TPSA) is 99.8 Å². The lowest BCUT2D eigenvalue weighted by Crippen LogP contribution is -2.45. The third-order valence-corrected chi connectivity index (χ3v) is 4.82. The maximum Gasteiger partial charge on any atom is 0.407 e. The molecule has 1 aromatic carbocycles. The number of hydrogen-bond acceptors (Lipinski definition) is 4. The van der Waals surface area contributed by atoms with Crippen molar-refractivity contribution in [3.05, 3.63) is 48.0 Å². The molecule has 1 aliphatic heterocycles. The van der Waals surface area contributed by atoms with E-state index in [2.05, 4.69) is 4.90 Å². The summed E-state index contributed by atoms with van der Waals surface area (Å²) in [6, 6.07) is 12.9. The smallest absolute Gasteiger partial charge is 0.407 e. The van der Waals surface area contributed by atoms with E-state index in [0.29, 0.717) is 5.56 Å². The molecule has 2 amide bonds. The molecule has 1 aromatic heterocycles. The molecule has 0 radical (unpaired) electrons. The Bertz CT molecular complexity index is 816. The largest absolute Gasteiger partial charge is 0.465 e. The molecule has 1 fully saturated rings. The zero-order valence-electron chi connectivity index (χ0n) is 14.6. The molecule has 7 heteroatoms. The van der Waals surface area contributed by atoms with Crippen molar-refractivity contribution >= 4 is 17.8 Å². The van der Waals surface area contributed by atoms with Crippen molar-refractivity contribution in [1.82, 2.24) is 9.88 Å². The van der Waals surface area contributed by atoms with Gasteiger partial charge in [0.25, 0.3) is 0 Å². The number of pyridine rings is 1. The standard InChI is InChI=1S/C19H22N4O3/c1-22(19(25)26)15-8-10-23(11-9-15)17-7-3-6-16(21-17)13-4-2-5-14(12-13)18(20)24/h2-7,12,15H,8-11H2,1H3,(H2,20,24)(H,25,26). The summed E-state index contributed by atoms with van der Waals surface area (Å²) in [5, 5.41) is 9.11. The normalized spacial score (nSPS) is 14.9. The van der Waals surface area contributed by atoms with Crippen molar-refractivity contribution in [2.24, 2.45) is 5.73 Å². The van der Waals surface area contributed by atoms with Crippen molar-refractivity contribution in [3.8, 4) is 11.3 Å². The number of piperidine rings is 1. The van der Waals surface area contributed by atoms with Gasteiger partial charge >= 0.3 is 6.09 Å². The predicted octanol–water partition coefficient (Wildman–Crippen LogP) is 2.43. The van der Waals surface area contributed by atoms with Gasteiger partial charge in [-0.1, -0.05) is 18.2 Å². The zero-order valence-corrected chi connectivity index (χ0v) is 14.6. The number of amides is 2. The highest BCUT2D eigenvalue weighted by molar-refractivity contribution is 5.94. The Hall–Kier alpha value is -3.09. The van der Waals surface area contributed by atoms with E-state index in [9.17, 15) is 9.59 Å². The van der Waals surface area contributed by atoms with Gasteiger partial charge in [0.05, 0.1) is 5.69 Å². The first kappa shape index (κ1) is 17.7. The van der Waals surface area contributed by atoms with Crippen LogP contribution >= 0.6 is 0 Å². The number of carbonyl (C=O) groups is 2. The van der Waals surface area contributed by atoms with Crippen LogP contribution in [0.1, 0.15) is 23.2 Å².